The molecule has 0 saturated heterocycles. The van der Waals surface area contributed by atoms with Gasteiger partial charge in [-0.3, -0.25) is 18.4 Å². The standard InChI is InChI=1S/C27H39O8P/c1-26(2,3)35-25(28)27(4,5)22-31-17-16-30-18-19-32-36(29,33-20-23-12-8-6-9-13-23)34-21-24-14-10-7-11-15-24/h6-15H,16-22H2,1-5H3. The molecule has 0 aromatic heterocycles. The number of carbonyl (C=O) groups is 1. The van der Waals surface area contributed by atoms with E-state index in [-0.39, 0.29) is 45.6 Å². The summed E-state index contributed by atoms with van der Waals surface area (Å²) in [6.45, 7) is 10.2. The Balaban J connectivity index is 1.72. The van der Waals surface area contributed by atoms with Crippen LogP contribution in [-0.4, -0.2) is 44.6 Å². The Kier molecular flexibility index (Phi) is 12.3. The summed E-state index contributed by atoms with van der Waals surface area (Å²) < 4.78 is 46.3. The van der Waals surface area contributed by atoms with Gasteiger partial charge in [0.05, 0.1) is 51.7 Å². The molecule has 0 bridgehead atoms. The quantitative estimate of drug-likeness (QED) is 0.152. The average molecular weight is 523 g/mol. The first kappa shape index (κ1) is 30.2. The molecule has 0 aliphatic carbocycles. The van der Waals surface area contributed by atoms with Crippen molar-refractivity contribution in [3.05, 3.63) is 71.8 Å². The minimum absolute atomic E-state index is 0.0181. The SMILES string of the molecule is CC(C)(C)OC(=O)C(C)(C)COCCOCCOP(=O)(OCc1ccccc1)OCc1ccccc1. The van der Waals surface area contributed by atoms with Gasteiger partial charge in [-0.25, -0.2) is 4.57 Å². The fourth-order valence-electron chi connectivity index (χ4n) is 2.80. The first-order valence-electron chi connectivity index (χ1n) is 12.0. The van der Waals surface area contributed by atoms with Crippen LogP contribution in [0.4, 0.5) is 0 Å². The van der Waals surface area contributed by atoms with Crippen LogP contribution in [0, 0.1) is 5.41 Å². The lowest BCUT2D eigenvalue weighted by atomic mass is 9.95. The molecule has 2 aromatic carbocycles. The molecule has 0 spiro atoms. The van der Waals surface area contributed by atoms with Gasteiger partial charge in [0.2, 0.25) is 0 Å². The molecule has 0 unspecified atom stereocenters. The molecule has 8 nitrogen and oxygen atoms in total. The first-order valence-corrected chi connectivity index (χ1v) is 13.5. The van der Waals surface area contributed by atoms with Crippen molar-refractivity contribution in [3.63, 3.8) is 0 Å². The topological polar surface area (TPSA) is 89.5 Å². The molecule has 0 aliphatic heterocycles. The molecule has 0 atom stereocenters. The van der Waals surface area contributed by atoms with E-state index in [0.717, 1.165) is 11.1 Å². The van der Waals surface area contributed by atoms with E-state index >= 15 is 0 Å². The second-order valence-electron chi connectivity index (χ2n) is 9.85. The molecule has 0 heterocycles. The number of rotatable bonds is 16. The minimum Gasteiger partial charge on any atom is -0.459 e. The maximum Gasteiger partial charge on any atom is 0.475 e. The summed E-state index contributed by atoms with van der Waals surface area (Å²) in [5, 5.41) is 0. The Morgan fingerprint density at radius 1 is 0.694 bits per heavy atom. The smallest absolute Gasteiger partial charge is 0.459 e. The number of carbonyl (C=O) groups excluding carboxylic acids is 1. The summed E-state index contributed by atoms with van der Waals surface area (Å²) >= 11 is 0. The van der Waals surface area contributed by atoms with Crippen LogP contribution in [0.15, 0.2) is 60.7 Å². The Morgan fingerprint density at radius 2 is 1.17 bits per heavy atom. The predicted molar refractivity (Wildman–Crippen MR) is 137 cm³/mol. The van der Waals surface area contributed by atoms with Crippen LogP contribution in [0.3, 0.4) is 0 Å². The highest BCUT2D eigenvalue weighted by Gasteiger charge is 2.33. The van der Waals surface area contributed by atoms with Gasteiger partial charge in [0.1, 0.15) is 5.60 Å². The van der Waals surface area contributed by atoms with Crippen molar-refractivity contribution in [2.24, 2.45) is 5.41 Å². The van der Waals surface area contributed by atoms with E-state index in [2.05, 4.69) is 0 Å². The van der Waals surface area contributed by atoms with Crippen molar-refractivity contribution in [1.29, 1.82) is 0 Å². The molecule has 0 amide bonds. The zero-order chi connectivity index (χ0) is 26.5. The average Bonchev–Trinajstić information content (AvgIpc) is 2.83. The number of hydrogen-bond acceptors (Lipinski definition) is 8. The summed E-state index contributed by atoms with van der Waals surface area (Å²) in [6.07, 6.45) is 0. The lowest BCUT2D eigenvalue weighted by Gasteiger charge is -2.28. The van der Waals surface area contributed by atoms with Gasteiger partial charge in [0, 0.05) is 0 Å². The van der Waals surface area contributed by atoms with Gasteiger partial charge in [0.15, 0.2) is 0 Å². The third kappa shape index (κ3) is 12.3. The molecular weight excluding hydrogens is 483 g/mol. The van der Waals surface area contributed by atoms with Gasteiger partial charge in [-0.2, -0.15) is 0 Å². The summed E-state index contributed by atoms with van der Waals surface area (Å²) in [7, 11) is -3.82. The number of hydrogen-bond donors (Lipinski definition) is 0. The maximum atomic E-state index is 13.2. The van der Waals surface area contributed by atoms with E-state index in [9.17, 15) is 9.36 Å². The van der Waals surface area contributed by atoms with Crippen molar-refractivity contribution in [1.82, 2.24) is 0 Å². The Bertz CT molecular complexity index is 894. The normalized spacial score (nSPS) is 12.5. The fourth-order valence-corrected chi connectivity index (χ4v) is 3.93. The minimum atomic E-state index is -3.82. The van der Waals surface area contributed by atoms with Gasteiger partial charge in [-0.1, -0.05) is 60.7 Å². The number of phosphoric ester groups is 1. The monoisotopic (exact) mass is 522 g/mol. The van der Waals surface area contributed by atoms with Gasteiger partial charge in [0.25, 0.3) is 0 Å². The summed E-state index contributed by atoms with van der Waals surface area (Å²) in [5.41, 5.74) is 0.390. The number of esters is 1. The van der Waals surface area contributed by atoms with E-state index in [1.54, 1.807) is 13.8 Å². The number of ether oxygens (including phenoxy) is 3. The Morgan fingerprint density at radius 3 is 1.67 bits per heavy atom. The molecule has 36 heavy (non-hydrogen) atoms. The van der Waals surface area contributed by atoms with E-state index in [0.29, 0.717) is 6.61 Å². The first-order chi connectivity index (χ1) is 17.0. The molecule has 200 valence electrons. The van der Waals surface area contributed by atoms with E-state index in [1.165, 1.54) is 0 Å². The Labute approximate surface area is 214 Å². The summed E-state index contributed by atoms with van der Waals surface area (Å²) in [5.74, 6) is -0.314. The predicted octanol–water partition coefficient (Wildman–Crippen LogP) is 5.95. The maximum absolute atomic E-state index is 13.2. The van der Waals surface area contributed by atoms with Crippen LogP contribution in [-0.2, 0) is 50.4 Å². The lowest BCUT2D eigenvalue weighted by molar-refractivity contribution is -0.169. The molecule has 2 aromatic rings. The second kappa shape index (κ2) is 14.6. The Hall–Kier alpha value is -2.06. The third-order valence-electron chi connectivity index (χ3n) is 4.73. The van der Waals surface area contributed by atoms with Crippen LogP contribution < -0.4 is 0 Å². The van der Waals surface area contributed by atoms with Crippen molar-refractivity contribution in [3.8, 4) is 0 Å². The van der Waals surface area contributed by atoms with Gasteiger partial charge in [-0.05, 0) is 45.7 Å². The van der Waals surface area contributed by atoms with Crippen molar-refractivity contribution in [2.45, 2.75) is 53.4 Å². The van der Waals surface area contributed by atoms with E-state index in [4.69, 9.17) is 27.8 Å². The summed E-state index contributed by atoms with van der Waals surface area (Å²) in [6, 6.07) is 18.8. The van der Waals surface area contributed by atoms with E-state index < -0.39 is 18.8 Å². The highest BCUT2D eigenvalue weighted by atomic mass is 31.2. The second-order valence-corrected chi connectivity index (χ2v) is 11.5. The molecule has 0 aliphatic rings. The molecule has 2 rings (SSSR count). The molecule has 0 radical (unpaired) electrons. The number of phosphoric acid groups is 1. The van der Waals surface area contributed by atoms with Crippen LogP contribution >= 0.6 is 7.82 Å². The summed E-state index contributed by atoms with van der Waals surface area (Å²) in [4.78, 5) is 12.3. The third-order valence-corrected chi connectivity index (χ3v) is 6.12. The van der Waals surface area contributed by atoms with Gasteiger partial charge >= 0.3 is 13.8 Å². The molecular formula is C27H39O8P. The fraction of sp³-hybridized carbons (Fsp3) is 0.519. The largest absolute Gasteiger partial charge is 0.475 e. The van der Waals surface area contributed by atoms with E-state index in [1.807, 2.05) is 81.4 Å². The number of benzene rings is 2. The molecule has 9 heteroatoms. The zero-order valence-electron chi connectivity index (χ0n) is 21.9. The molecule has 0 N–H and O–H groups in total. The highest BCUT2D eigenvalue weighted by Crippen LogP contribution is 2.50. The molecule has 0 fully saturated rings. The van der Waals surface area contributed by atoms with Crippen LogP contribution in [0.25, 0.3) is 0 Å². The van der Waals surface area contributed by atoms with Crippen LogP contribution in [0.5, 0.6) is 0 Å². The van der Waals surface area contributed by atoms with Crippen LogP contribution in [0.2, 0.25) is 0 Å². The van der Waals surface area contributed by atoms with Gasteiger partial charge in [-0.15, -0.1) is 0 Å². The van der Waals surface area contributed by atoms with Crippen molar-refractivity contribution in [2.75, 3.05) is 33.0 Å². The molecule has 0 saturated carbocycles. The van der Waals surface area contributed by atoms with Crippen molar-refractivity contribution >= 4 is 13.8 Å². The zero-order valence-corrected chi connectivity index (χ0v) is 22.8. The highest BCUT2D eigenvalue weighted by molar-refractivity contribution is 7.48. The van der Waals surface area contributed by atoms with Crippen molar-refractivity contribution < 1.29 is 37.1 Å². The van der Waals surface area contributed by atoms with Crippen LogP contribution in [0.1, 0.15) is 45.7 Å². The van der Waals surface area contributed by atoms with Gasteiger partial charge < -0.3 is 14.2 Å². The lowest BCUT2D eigenvalue weighted by Crippen LogP contribution is -2.37.